The number of allylic oxidation sites excluding steroid dienone is 1. The molecule has 0 saturated heterocycles. The van der Waals surface area contributed by atoms with E-state index in [9.17, 15) is 0 Å². The Hall–Kier alpha value is 0.170. The summed E-state index contributed by atoms with van der Waals surface area (Å²) in [6, 6.07) is 0. The molecule has 1 saturated carbocycles. The van der Waals surface area contributed by atoms with E-state index in [4.69, 9.17) is 0 Å². The molecule has 2 unspecified atom stereocenters. The van der Waals surface area contributed by atoms with E-state index >= 15 is 0 Å². The Morgan fingerprint density at radius 3 is 3.00 bits per heavy atom. The van der Waals surface area contributed by atoms with Crippen molar-refractivity contribution in [3.63, 3.8) is 0 Å². The maximum atomic E-state index is 3.88. The lowest BCUT2D eigenvalue weighted by molar-refractivity contribution is 0.212. The van der Waals surface area contributed by atoms with Crippen LogP contribution in [0, 0.1) is 11.3 Å². The minimum atomic E-state index is 0.585. The maximum Gasteiger partial charge on any atom is -0.0231 e. The number of hydrogen-bond donors (Lipinski definition) is 0. The molecule has 0 amide bonds. The first-order chi connectivity index (χ1) is 5.20. The van der Waals surface area contributed by atoms with Crippen molar-refractivity contribution in [2.75, 3.05) is 6.16 Å². The van der Waals surface area contributed by atoms with E-state index in [1.54, 1.807) is 0 Å². The molecule has 0 N–H and O–H groups in total. The van der Waals surface area contributed by atoms with Gasteiger partial charge in [0, 0.05) is 0 Å². The molecule has 0 aromatic heterocycles. The van der Waals surface area contributed by atoms with Gasteiger partial charge in [0.15, 0.2) is 0 Å². The van der Waals surface area contributed by atoms with Crippen molar-refractivity contribution in [3.8, 4) is 0 Å². The molecule has 0 aromatic carbocycles. The highest BCUT2D eigenvalue weighted by Crippen LogP contribution is 2.40. The Balaban J connectivity index is 2.51. The molecule has 0 spiro atoms. The van der Waals surface area contributed by atoms with Crippen molar-refractivity contribution in [2.45, 2.75) is 32.6 Å². The predicted molar refractivity (Wildman–Crippen MR) is 54.8 cm³/mol. The first kappa shape index (κ1) is 9.26. The van der Waals surface area contributed by atoms with Gasteiger partial charge in [0.05, 0.1) is 0 Å². The normalized spacial score (nSPS) is 38.5. The zero-order valence-electron chi connectivity index (χ0n) is 7.47. The summed E-state index contributed by atoms with van der Waals surface area (Å²) in [5.74, 6) is 0.786. The smallest absolute Gasteiger partial charge is 0.0231 e. The highest BCUT2D eigenvalue weighted by molar-refractivity contribution is 7.16. The molecular weight excluding hydrogens is 151 g/mol. The van der Waals surface area contributed by atoms with Crippen molar-refractivity contribution in [3.05, 3.63) is 12.7 Å². The van der Waals surface area contributed by atoms with Crippen LogP contribution in [-0.2, 0) is 0 Å². The second kappa shape index (κ2) is 3.72. The lowest BCUT2D eigenvalue weighted by Crippen LogP contribution is -2.26. The van der Waals surface area contributed by atoms with Crippen LogP contribution in [0.1, 0.15) is 32.6 Å². The summed E-state index contributed by atoms with van der Waals surface area (Å²) in [4.78, 5) is 0. The third-order valence-electron chi connectivity index (χ3n) is 2.94. The molecule has 1 fully saturated rings. The SMILES string of the molecule is C=CC1CCC[C@](C)(CP)C1. The van der Waals surface area contributed by atoms with E-state index < -0.39 is 0 Å². The van der Waals surface area contributed by atoms with Gasteiger partial charge in [0.25, 0.3) is 0 Å². The van der Waals surface area contributed by atoms with Crippen molar-refractivity contribution >= 4 is 9.24 Å². The Labute approximate surface area is 72.7 Å². The van der Waals surface area contributed by atoms with Gasteiger partial charge < -0.3 is 0 Å². The molecule has 1 aliphatic carbocycles. The van der Waals surface area contributed by atoms with Crippen molar-refractivity contribution in [2.24, 2.45) is 11.3 Å². The molecule has 11 heavy (non-hydrogen) atoms. The number of hydrogen-bond acceptors (Lipinski definition) is 0. The monoisotopic (exact) mass is 170 g/mol. The van der Waals surface area contributed by atoms with Crippen molar-refractivity contribution < 1.29 is 0 Å². The van der Waals surface area contributed by atoms with E-state index in [0.717, 1.165) is 5.92 Å². The zero-order chi connectivity index (χ0) is 8.32. The van der Waals surface area contributed by atoms with Crippen LogP contribution in [0.5, 0.6) is 0 Å². The third kappa shape index (κ3) is 2.30. The fraction of sp³-hybridized carbons (Fsp3) is 0.800. The van der Waals surface area contributed by atoms with Gasteiger partial charge in [-0.1, -0.05) is 19.4 Å². The molecular formula is C10H19P. The average Bonchev–Trinajstić information content (AvgIpc) is 2.05. The van der Waals surface area contributed by atoms with Crippen LogP contribution >= 0.6 is 9.24 Å². The molecule has 1 rings (SSSR count). The van der Waals surface area contributed by atoms with Crippen molar-refractivity contribution in [1.82, 2.24) is 0 Å². The van der Waals surface area contributed by atoms with E-state index in [1.165, 1.54) is 31.8 Å². The maximum absolute atomic E-state index is 3.88. The highest BCUT2D eigenvalue weighted by atomic mass is 31.0. The lowest BCUT2D eigenvalue weighted by atomic mass is 9.72. The minimum Gasteiger partial charge on any atom is -0.137 e. The van der Waals surface area contributed by atoms with Crippen LogP contribution in [0.15, 0.2) is 12.7 Å². The summed E-state index contributed by atoms with van der Waals surface area (Å²) >= 11 is 0. The Kier molecular flexibility index (Phi) is 3.13. The first-order valence-electron chi connectivity index (χ1n) is 4.53. The van der Waals surface area contributed by atoms with Crippen LogP contribution in [0.4, 0.5) is 0 Å². The van der Waals surface area contributed by atoms with E-state index in [0.29, 0.717) is 5.41 Å². The summed E-state index contributed by atoms with van der Waals surface area (Å²) in [6.07, 6.45) is 8.89. The molecule has 1 heteroatoms. The fourth-order valence-electron chi connectivity index (χ4n) is 2.01. The second-order valence-electron chi connectivity index (χ2n) is 4.11. The predicted octanol–water partition coefficient (Wildman–Crippen LogP) is 3.24. The Morgan fingerprint density at radius 2 is 2.45 bits per heavy atom. The summed E-state index contributed by atoms with van der Waals surface area (Å²) < 4.78 is 0. The van der Waals surface area contributed by atoms with Crippen molar-refractivity contribution in [1.29, 1.82) is 0 Å². The zero-order valence-corrected chi connectivity index (χ0v) is 8.63. The van der Waals surface area contributed by atoms with E-state index in [-0.39, 0.29) is 0 Å². The van der Waals surface area contributed by atoms with Gasteiger partial charge in [0.1, 0.15) is 0 Å². The van der Waals surface area contributed by atoms with Gasteiger partial charge >= 0.3 is 0 Å². The number of rotatable bonds is 2. The van der Waals surface area contributed by atoms with Crippen LogP contribution in [0.3, 0.4) is 0 Å². The average molecular weight is 170 g/mol. The van der Waals surface area contributed by atoms with Gasteiger partial charge in [-0.05, 0) is 36.8 Å². The van der Waals surface area contributed by atoms with Gasteiger partial charge in [0.2, 0.25) is 0 Å². The molecule has 1 aliphatic rings. The van der Waals surface area contributed by atoms with E-state index in [1.807, 2.05) is 0 Å². The topological polar surface area (TPSA) is 0 Å². The minimum absolute atomic E-state index is 0.585. The quantitative estimate of drug-likeness (QED) is 0.441. The largest absolute Gasteiger partial charge is 0.137 e. The standard InChI is InChI=1S/C10H19P/c1-3-9-5-4-6-10(2,7-9)8-11/h3,9H,1,4-8,11H2,2H3/t9?,10-/m0/s1. The molecule has 0 aromatic rings. The second-order valence-corrected chi connectivity index (χ2v) is 4.52. The molecule has 3 atom stereocenters. The summed E-state index contributed by atoms with van der Waals surface area (Å²) in [5.41, 5.74) is 0.585. The van der Waals surface area contributed by atoms with Crippen LogP contribution in [-0.4, -0.2) is 6.16 Å². The Morgan fingerprint density at radius 1 is 1.73 bits per heavy atom. The lowest BCUT2D eigenvalue weighted by Gasteiger charge is -2.36. The molecule has 0 bridgehead atoms. The van der Waals surface area contributed by atoms with Crippen LogP contribution in [0.25, 0.3) is 0 Å². The summed E-state index contributed by atoms with van der Waals surface area (Å²) in [7, 11) is 2.88. The third-order valence-corrected chi connectivity index (χ3v) is 3.92. The van der Waals surface area contributed by atoms with Gasteiger partial charge in [-0.3, -0.25) is 0 Å². The van der Waals surface area contributed by atoms with Gasteiger partial charge in [-0.25, -0.2) is 0 Å². The van der Waals surface area contributed by atoms with Gasteiger partial charge in [-0.15, -0.1) is 15.8 Å². The van der Waals surface area contributed by atoms with Gasteiger partial charge in [-0.2, -0.15) is 0 Å². The van der Waals surface area contributed by atoms with E-state index in [2.05, 4.69) is 28.8 Å². The first-order valence-corrected chi connectivity index (χ1v) is 5.34. The fourth-order valence-corrected chi connectivity index (χ4v) is 2.39. The summed E-state index contributed by atoms with van der Waals surface area (Å²) in [5, 5.41) is 0. The Bertz CT molecular complexity index is 142. The van der Waals surface area contributed by atoms with Crippen LogP contribution in [0.2, 0.25) is 0 Å². The molecule has 64 valence electrons. The van der Waals surface area contributed by atoms with Crippen LogP contribution < -0.4 is 0 Å². The molecule has 0 radical (unpaired) electrons. The highest BCUT2D eigenvalue weighted by Gasteiger charge is 2.28. The molecule has 0 aliphatic heterocycles. The molecule has 0 heterocycles. The molecule has 0 nitrogen and oxygen atoms in total. The summed E-state index contributed by atoms with van der Waals surface area (Å²) in [6.45, 7) is 6.28.